The first-order valence-electron chi connectivity index (χ1n) is 5.74. The van der Waals surface area contributed by atoms with Crippen LogP contribution in [0.1, 0.15) is 5.56 Å². The van der Waals surface area contributed by atoms with Gasteiger partial charge in [0, 0.05) is 11.8 Å². The van der Waals surface area contributed by atoms with Crippen LogP contribution >= 0.6 is 12.6 Å². The number of thiol groups is 1. The molecule has 2 N–H and O–H groups in total. The molecule has 0 amide bonds. The van der Waals surface area contributed by atoms with Crippen LogP contribution in [0.25, 0.3) is 0 Å². The van der Waals surface area contributed by atoms with Gasteiger partial charge in [-0.3, -0.25) is 9.27 Å². The third kappa shape index (κ3) is 4.16. The summed E-state index contributed by atoms with van der Waals surface area (Å²) in [5.74, 6) is -1.25. The van der Waals surface area contributed by atoms with E-state index in [4.69, 9.17) is 9.29 Å². The van der Waals surface area contributed by atoms with Gasteiger partial charge in [-0.1, -0.05) is 6.07 Å². The zero-order valence-corrected chi connectivity index (χ0v) is 12.3. The lowest BCUT2D eigenvalue weighted by atomic mass is 10.2. The fourth-order valence-corrected chi connectivity index (χ4v) is 2.16. The normalized spacial score (nSPS) is 12.0. The third-order valence-electron chi connectivity index (χ3n) is 2.54. The minimum atomic E-state index is -2.31. The number of hydrogen-bond donors (Lipinski definition) is 3. The Bertz CT molecular complexity index is 682. The van der Waals surface area contributed by atoms with Crippen LogP contribution in [-0.4, -0.2) is 8.76 Å². The molecule has 1 atom stereocenters. The van der Waals surface area contributed by atoms with Crippen LogP contribution in [0.4, 0.5) is 14.5 Å². The number of nitrogens with one attached hydrogen (secondary N) is 1. The van der Waals surface area contributed by atoms with Crippen molar-refractivity contribution >= 4 is 29.6 Å². The zero-order chi connectivity index (χ0) is 15.4. The third-order valence-corrected chi connectivity index (χ3v) is 3.30. The molecule has 0 radical (unpaired) electrons. The highest BCUT2D eigenvalue weighted by molar-refractivity contribution is 7.80. The van der Waals surface area contributed by atoms with E-state index in [9.17, 15) is 13.0 Å². The van der Waals surface area contributed by atoms with Gasteiger partial charge in [-0.15, -0.1) is 0 Å². The van der Waals surface area contributed by atoms with Crippen molar-refractivity contribution in [2.45, 2.75) is 5.75 Å². The Morgan fingerprint density at radius 3 is 2.57 bits per heavy atom. The maximum Gasteiger partial charge on any atom is 0.259 e. The van der Waals surface area contributed by atoms with Crippen LogP contribution in [0.5, 0.6) is 11.5 Å². The first kappa shape index (κ1) is 15.7. The van der Waals surface area contributed by atoms with Crippen molar-refractivity contribution in [3.8, 4) is 11.5 Å². The first-order valence-corrected chi connectivity index (χ1v) is 7.47. The molecule has 0 aliphatic carbocycles. The van der Waals surface area contributed by atoms with E-state index in [2.05, 4.69) is 17.4 Å². The maximum absolute atomic E-state index is 13.6. The molecule has 0 saturated carbocycles. The van der Waals surface area contributed by atoms with E-state index >= 15 is 0 Å². The molecule has 2 rings (SSSR count). The molecule has 0 heterocycles. The topological polar surface area (TPSA) is 58.6 Å². The van der Waals surface area contributed by atoms with Crippen LogP contribution in [0.15, 0.2) is 36.4 Å². The highest BCUT2D eigenvalue weighted by Gasteiger charge is 2.11. The van der Waals surface area contributed by atoms with E-state index in [1.807, 2.05) is 0 Å². The van der Waals surface area contributed by atoms with E-state index in [0.717, 1.165) is 17.7 Å². The van der Waals surface area contributed by atoms with Gasteiger partial charge < -0.3 is 4.74 Å². The predicted octanol–water partition coefficient (Wildman–Crippen LogP) is 3.74. The van der Waals surface area contributed by atoms with Gasteiger partial charge in [-0.05, 0) is 29.8 Å². The van der Waals surface area contributed by atoms with Gasteiger partial charge >= 0.3 is 0 Å². The Morgan fingerprint density at radius 1 is 1.19 bits per heavy atom. The Labute approximate surface area is 128 Å². The fraction of sp³-hybridized carbons (Fsp3) is 0.0769. The van der Waals surface area contributed by atoms with Crippen molar-refractivity contribution < 1.29 is 22.3 Å². The minimum Gasteiger partial charge on any atom is -0.452 e. The summed E-state index contributed by atoms with van der Waals surface area (Å²) >= 11 is 1.81. The Morgan fingerprint density at radius 2 is 1.95 bits per heavy atom. The molecular formula is C13H11F2NO3S2. The Kier molecular flexibility index (Phi) is 5.16. The van der Waals surface area contributed by atoms with Crippen LogP contribution < -0.4 is 9.46 Å². The monoisotopic (exact) mass is 331 g/mol. The van der Waals surface area contributed by atoms with E-state index in [0.29, 0.717) is 11.8 Å². The summed E-state index contributed by atoms with van der Waals surface area (Å²) in [6, 6.07) is 7.61. The molecule has 1 unspecified atom stereocenters. The molecule has 21 heavy (non-hydrogen) atoms. The fourth-order valence-electron chi connectivity index (χ4n) is 1.60. The van der Waals surface area contributed by atoms with Gasteiger partial charge in [0.25, 0.3) is 11.3 Å². The Hall–Kier alpha value is -1.64. The average Bonchev–Trinajstić information content (AvgIpc) is 2.43. The van der Waals surface area contributed by atoms with Gasteiger partial charge in [-0.2, -0.15) is 12.6 Å². The highest BCUT2D eigenvalue weighted by Crippen LogP contribution is 2.32. The van der Waals surface area contributed by atoms with E-state index in [-0.39, 0.29) is 17.2 Å². The van der Waals surface area contributed by atoms with Gasteiger partial charge in [0.1, 0.15) is 5.82 Å². The van der Waals surface area contributed by atoms with Crippen molar-refractivity contribution in [1.29, 1.82) is 0 Å². The first-order chi connectivity index (χ1) is 9.99. The van der Waals surface area contributed by atoms with Crippen LogP contribution in [0.2, 0.25) is 0 Å². The molecule has 0 saturated heterocycles. The number of rotatable bonds is 5. The van der Waals surface area contributed by atoms with Crippen LogP contribution in [0.3, 0.4) is 0 Å². The van der Waals surface area contributed by atoms with E-state index in [1.165, 1.54) is 6.07 Å². The van der Waals surface area contributed by atoms with Crippen LogP contribution in [-0.2, 0) is 17.0 Å². The second-order valence-corrected chi connectivity index (χ2v) is 5.04. The minimum absolute atomic E-state index is 0.134. The van der Waals surface area contributed by atoms with Crippen molar-refractivity contribution in [2.75, 3.05) is 4.72 Å². The summed E-state index contributed by atoms with van der Waals surface area (Å²) in [5, 5.41) is 0. The lowest BCUT2D eigenvalue weighted by Crippen LogP contribution is -2.04. The predicted molar refractivity (Wildman–Crippen MR) is 80.0 cm³/mol. The number of ether oxygens (including phenoxy) is 1. The molecular weight excluding hydrogens is 320 g/mol. The molecule has 112 valence electrons. The van der Waals surface area contributed by atoms with E-state index < -0.39 is 22.9 Å². The quantitative estimate of drug-likeness (QED) is 0.578. The molecule has 4 nitrogen and oxygen atoms in total. The second-order valence-electron chi connectivity index (χ2n) is 4.02. The van der Waals surface area contributed by atoms with Gasteiger partial charge in [-0.25, -0.2) is 13.0 Å². The van der Waals surface area contributed by atoms with Crippen molar-refractivity contribution in [3.05, 3.63) is 53.6 Å². The van der Waals surface area contributed by atoms with Crippen molar-refractivity contribution in [1.82, 2.24) is 0 Å². The van der Waals surface area contributed by atoms with Crippen molar-refractivity contribution in [3.63, 3.8) is 0 Å². The smallest absolute Gasteiger partial charge is 0.259 e. The van der Waals surface area contributed by atoms with Crippen molar-refractivity contribution in [2.24, 2.45) is 0 Å². The molecule has 0 aliphatic heterocycles. The molecule has 0 bridgehead atoms. The number of halogens is 2. The summed E-state index contributed by atoms with van der Waals surface area (Å²) in [6.45, 7) is 0. The summed E-state index contributed by atoms with van der Waals surface area (Å²) in [4.78, 5) is 0. The SMILES string of the molecule is O=S(O)Nc1ccc(CS)cc1Oc1ccc(F)cc1F. The van der Waals surface area contributed by atoms with E-state index in [1.54, 1.807) is 12.1 Å². The lowest BCUT2D eigenvalue weighted by Gasteiger charge is -2.13. The van der Waals surface area contributed by atoms with Gasteiger partial charge in [0.15, 0.2) is 17.3 Å². The Balaban J connectivity index is 2.38. The van der Waals surface area contributed by atoms with Gasteiger partial charge in [0.05, 0.1) is 5.69 Å². The largest absolute Gasteiger partial charge is 0.452 e. The summed E-state index contributed by atoms with van der Waals surface area (Å²) in [6.07, 6.45) is 0. The number of hydrogen-bond acceptors (Lipinski definition) is 3. The molecule has 0 spiro atoms. The maximum atomic E-state index is 13.6. The molecule has 0 aromatic heterocycles. The molecule has 2 aromatic carbocycles. The zero-order valence-electron chi connectivity index (χ0n) is 10.5. The summed E-state index contributed by atoms with van der Waals surface area (Å²) in [5.41, 5.74) is 0.968. The van der Waals surface area contributed by atoms with Crippen LogP contribution in [0, 0.1) is 11.6 Å². The molecule has 0 fully saturated rings. The molecule has 2 aromatic rings. The lowest BCUT2D eigenvalue weighted by molar-refractivity contribution is 0.439. The van der Waals surface area contributed by atoms with Gasteiger partial charge in [0.2, 0.25) is 0 Å². The number of benzene rings is 2. The molecule has 8 heteroatoms. The highest BCUT2D eigenvalue weighted by atomic mass is 32.2. The average molecular weight is 331 g/mol. The summed E-state index contributed by atoms with van der Waals surface area (Å²) < 4.78 is 53.8. The standard InChI is InChI=1S/C13H11F2NO3S2/c14-9-2-4-12(10(15)6-9)19-13-5-8(7-20)1-3-11(13)16-21(17)18/h1-6,16,20H,7H2,(H,17,18). The summed E-state index contributed by atoms with van der Waals surface area (Å²) in [7, 11) is 0. The second kappa shape index (κ2) is 6.88. The molecule has 0 aliphatic rings. The number of anilines is 1.